The van der Waals surface area contributed by atoms with Gasteiger partial charge in [-0.25, -0.2) is 4.39 Å². The Hall–Kier alpha value is -3.32. The van der Waals surface area contributed by atoms with Crippen molar-refractivity contribution in [1.29, 1.82) is 0 Å². The highest BCUT2D eigenvalue weighted by molar-refractivity contribution is 5.49. The van der Waals surface area contributed by atoms with Gasteiger partial charge >= 0.3 is 0 Å². The van der Waals surface area contributed by atoms with Crippen molar-refractivity contribution in [2.75, 3.05) is 13.7 Å². The van der Waals surface area contributed by atoms with Crippen LogP contribution in [-0.4, -0.2) is 29.0 Å². The second kappa shape index (κ2) is 9.00. The number of halogens is 1. The highest BCUT2D eigenvalue weighted by atomic mass is 19.1. The number of benzene rings is 2. The Kier molecular flexibility index (Phi) is 6.42. The van der Waals surface area contributed by atoms with Gasteiger partial charge in [-0.05, 0) is 49.7 Å². The van der Waals surface area contributed by atoms with Crippen molar-refractivity contribution in [1.82, 2.24) is 4.57 Å². The Balaban J connectivity index is 1.77. The second-order valence-corrected chi connectivity index (χ2v) is 7.40. The van der Waals surface area contributed by atoms with Crippen LogP contribution >= 0.6 is 0 Å². The van der Waals surface area contributed by atoms with Crippen molar-refractivity contribution in [3.8, 4) is 22.9 Å². The first-order valence-corrected chi connectivity index (χ1v) is 9.39. The molecule has 0 spiro atoms. The predicted octanol–water partition coefficient (Wildman–Crippen LogP) is 3.71. The predicted molar refractivity (Wildman–Crippen MR) is 111 cm³/mol. The van der Waals surface area contributed by atoms with E-state index in [1.165, 1.54) is 29.9 Å². The van der Waals surface area contributed by atoms with Crippen LogP contribution in [0.15, 0.2) is 65.6 Å². The van der Waals surface area contributed by atoms with Gasteiger partial charge in [0.1, 0.15) is 13.2 Å². The molecule has 0 saturated carbocycles. The van der Waals surface area contributed by atoms with E-state index >= 15 is 0 Å². The summed E-state index contributed by atoms with van der Waals surface area (Å²) < 4.78 is 31.5. The van der Waals surface area contributed by atoms with Gasteiger partial charge in [0.2, 0.25) is 0 Å². The highest BCUT2D eigenvalue weighted by Gasteiger charge is 2.16. The number of ether oxygens (including phenoxy) is 3. The fraction of sp³-hybridized carbons (Fsp3) is 0.261. The third-order valence-electron chi connectivity index (χ3n) is 4.22. The minimum absolute atomic E-state index is 0.0735. The fourth-order valence-corrected chi connectivity index (χ4v) is 2.73. The number of hydrogen-bond acceptors (Lipinski definition) is 5. The van der Waals surface area contributed by atoms with Gasteiger partial charge in [-0.2, -0.15) is 0 Å². The van der Waals surface area contributed by atoms with Crippen LogP contribution in [0.25, 0.3) is 5.69 Å². The molecule has 1 N–H and O–H groups in total. The van der Waals surface area contributed by atoms with E-state index in [9.17, 15) is 14.3 Å². The van der Waals surface area contributed by atoms with Gasteiger partial charge in [0.25, 0.3) is 5.56 Å². The maximum Gasteiger partial charge on any atom is 0.255 e. The SMILES string of the molecule is COc1cc(-n2ccc(COc3ccccc3F)cc2=O)ccc1OCC(C)(C)O. The Morgan fingerprint density at radius 3 is 2.43 bits per heavy atom. The molecule has 2 aromatic carbocycles. The zero-order valence-electron chi connectivity index (χ0n) is 17.1. The first-order chi connectivity index (χ1) is 14.3. The third kappa shape index (κ3) is 5.39. The van der Waals surface area contributed by atoms with Gasteiger partial charge in [0.15, 0.2) is 23.1 Å². The van der Waals surface area contributed by atoms with Gasteiger partial charge in [0.05, 0.1) is 18.4 Å². The van der Waals surface area contributed by atoms with Gasteiger partial charge in [-0.3, -0.25) is 9.36 Å². The fourth-order valence-electron chi connectivity index (χ4n) is 2.73. The molecule has 0 saturated heterocycles. The van der Waals surface area contributed by atoms with Crippen LogP contribution < -0.4 is 19.8 Å². The molecule has 3 aromatic rings. The normalized spacial score (nSPS) is 11.2. The molecular weight excluding hydrogens is 389 g/mol. The van der Waals surface area contributed by atoms with Crippen LogP contribution in [0, 0.1) is 5.82 Å². The van der Waals surface area contributed by atoms with E-state index in [1.807, 2.05) is 0 Å². The molecule has 0 bridgehead atoms. The van der Waals surface area contributed by atoms with Crippen LogP contribution in [0.2, 0.25) is 0 Å². The third-order valence-corrected chi connectivity index (χ3v) is 4.22. The first kappa shape index (κ1) is 21.4. The van der Waals surface area contributed by atoms with Gasteiger partial charge in [-0.1, -0.05) is 12.1 Å². The van der Waals surface area contributed by atoms with E-state index in [4.69, 9.17) is 14.2 Å². The molecule has 0 atom stereocenters. The van der Waals surface area contributed by atoms with Crippen molar-refractivity contribution >= 4 is 0 Å². The summed E-state index contributed by atoms with van der Waals surface area (Å²) >= 11 is 0. The molecule has 7 heteroatoms. The van der Waals surface area contributed by atoms with Gasteiger partial charge in [-0.15, -0.1) is 0 Å². The summed E-state index contributed by atoms with van der Waals surface area (Å²) in [6.45, 7) is 3.46. The lowest BCUT2D eigenvalue weighted by Gasteiger charge is -2.19. The minimum atomic E-state index is -0.985. The van der Waals surface area contributed by atoms with Crippen molar-refractivity contribution in [3.63, 3.8) is 0 Å². The summed E-state index contributed by atoms with van der Waals surface area (Å²) in [4.78, 5) is 12.6. The van der Waals surface area contributed by atoms with Crippen molar-refractivity contribution in [2.24, 2.45) is 0 Å². The smallest absolute Gasteiger partial charge is 0.255 e. The molecule has 0 amide bonds. The Labute approximate surface area is 174 Å². The van der Waals surface area contributed by atoms with E-state index in [2.05, 4.69) is 0 Å². The van der Waals surface area contributed by atoms with Gasteiger partial charge < -0.3 is 19.3 Å². The van der Waals surface area contributed by atoms with Crippen molar-refractivity contribution < 1.29 is 23.7 Å². The molecule has 1 aromatic heterocycles. The lowest BCUT2D eigenvalue weighted by Crippen LogP contribution is -2.28. The number of pyridine rings is 1. The molecule has 6 nitrogen and oxygen atoms in total. The van der Waals surface area contributed by atoms with E-state index in [1.54, 1.807) is 56.4 Å². The molecule has 1 heterocycles. The summed E-state index contributed by atoms with van der Waals surface area (Å²) in [7, 11) is 1.50. The molecule has 0 aliphatic carbocycles. The molecule has 0 radical (unpaired) electrons. The number of rotatable bonds is 8. The number of methoxy groups -OCH3 is 1. The average Bonchev–Trinajstić information content (AvgIpc) is 2.71. The molecule has 3 rings (SSSR count). The Bertz CT molecular complexity index is 1070. The van der Waals surface area contributed by atoms with E-state index in [0.29, 0.717) is 22.7 Å². The number of para-hydroxylation sites is 1. The summed E-state index contributed by atoms with van der Waals surface area (Å²) in [5.41, 5.74) is -0.0382. The summed E-state index contributed by atoms with van der Waals surface area (Å²) in [5.74, 6) is 0.583. The first-order valence-electron chi connectivity index (χ1n) is 9.39. The highest BCUT2D eigenvalue weighted by Crippen LogP contribution is 2.30. The van der Waals surface area contributed by atoms with E-state index < -0.39 is 11.4 Å². The molecule has 158 valence electrons. The topological polar surface area (TPSA) is 69.9 Å². The lowest BCUT2D eigenvalue weighted by molar-refractivity contribution is 0.0276. The maximum atomic E-state index is 13.7. The van der Waals surface area contributed by atoms with E-state index in [0.717, 1.165) is 0 Å². The number of aliphatic hydroxyl groups is 1. The minimum Gasteiger partial charge on any atom is -0.493 e. The van der Waals surface area contributed by atoms with Crippen LogP contribution in [-0.2, 0) is 6.61 Å². The number of nitrogens with zero attached hydrogens (tertiary/aromatic N) is 1. The zero-order valence-corrected chi connectivity index (χ0v) is 17.1. The Morgan fingerprint density at radius 2 is 1.77 bits per heavy atom. The molecule has 0 fully saturated rings. The van der Waals surface area contributed by atoms with Crippen molar-refractivity contribution in [3.05, 3.63) is 82.5 Å². The summed E-state index contributed by atoms with van der Waals surface area (Å²) in [6.07, 6.45) is 1.62. The number of aromatic nitrogens is 1. The molecule has 0 unspecified atom stereocenters. The van der Waals surface area contributed by atoms with Crippen LogP contribution in [0.3, 0.4) is 0 Å². The monoisotopic (exact) mass is 413 g/mol. The Morgan fingerprint density at radius 1 is 1.00 bits per heavy atom. The van der Waals surface area contributed by atoms with Crippen LogP contribution in [0.5, 0.6) is 17.2 Å². The molecule has 0 aliphatic rings. The average molecular weight is 413 g/mol. The zero-order chi connectivity index (χ0) is 21.7. The van der Waals surface area contributed by atoms with Gasteiger partial charge in [0, 0.05) is 18.3 Å². The molecule has 0 aliphatic heterocycles. The molecule has 30 heavy (non-hydrogen) atoms. The largest absolute Gasteiger partial charge is 0.493 e. The number of hydrogen-bond donors (Lipinski definition) is 1. The van der Waals surface area contributed by atoms with Crippen molar-refractivity contribution in [2.45, 2.75) is 26.1 Å². The second-order valence-electron chi connectivity index (χ2n) is 7.40. The maximum absolute atomic E-state index is 13.7. The van der Waals surface area contributed by atoms with Crippen LogP contribution in [0.4, 0.5) is 4.39 Å². The standard InChI is InChI=1S/C23H24FNO5/c1-23(2,27)15-30-20-9-8-17(13-21(20)28-3)25-11-10-16(12-22(25)26)14-29-19-7-5-4-6-18(19)24/h4-13,27H,14-15H2,1-3H3. The van der Waals surface area contributed by atoms with Crippen LogP contribution in [0.1, 0.15) is 19.4 Å². The van der Waals surface area contributed by atoms with E-state index in [-0.39, 0.29) is 24.5 Å². The quantitative estimate of drug-likeness (QED) is 0.610. The lowest BCUT2D eigenvalue weighted by atomic mass is 10.2. The molecular formula is C23H24FNO5. The summed E-state index contributed by atoms with van der Waals surface area (Å²) in [5, 5.41) is 9.83. The summed E-state index contributed by atoms with van der Waals surface area (Å²) in [6, 6.07) is 14.4.